The van der Waals surface area contributed by atoms with Gasteiger partial charge in [-0.25, -0.2) is 0 Å². The van der Waals surface area contributed by atoms with Gasteiger partial charge in [0.1, 0.15) is 5.75 Å². The predicted octanol–water partition coefficient (Wildman–Crippen LogP) is 3.58. The summed E-state index contributed by atoms with van der Waals surface area (Å²) in [7, 11) is 1.54. The molecular formula is C14H11ClO2. The highest BCUT2D eigenvalue weighted by Crippen LogP contribution is 2.25. The summed E-state index contributed by atoms with van der Waals surface area (Å²) in [4.78, 5) is 12.1. The van der Waals surface area contributed by atoms with Crippen LogP contribution < -0.4 is 4.74 Å². The van der Waals surface area contributed by atoms with Gasteiger partial charge in [0.2, 0.25) is 0 Å². The maximum absolute atomic E-state index is 12.1. The van der Waals surface area contributed by atoms with E-state index in [1.54, 1.807) is 37.4 Å². The molecule has 0 spiro atoms. The molecule has 0 radical (unpaired) electrons. The highest BCUT2D eigenvalue weighted by molar-refractivity contribution is 6.32. The fourth-order valence-corrected chi connectivity index (χ4v) is 1.82. The fourth-order valence-electron chi connectivity index (χ4n) is 1.56. The van der Waals surface area contributed by atoms with Crippen LogP contribution in [0.2, 0.25) is 5.02 Å². The number of methoxy groups -OCH3 is 1. The van der Waals surface area contributed by atoms with Crippen molar-refractivity contribution in [3.63, 3.8) is 0 Å². The summed E-state index contributed by atoms with van der Waals surface area (Å²) in [5, 5.41) is 0.439. The molecule has 0 heterocycles. The molecule has 2 aromatic carbocycles. The molecular weight excluding hydrogens is 236 g/mol. The summed E-state index contributed by atoms with van der Waals surface area (Å²) in [5.74, 6) is 0.520. The van der Waals surface area contributed by atoms with E-state index in [-0.39, 0.29) is 5.78 Å². The molecule has 2 nitrogen and oxygen atoms in total. The van der Waals surface area contributed by atoms with Gasteiger partial charge in [-0.15, -0.1) is 0 Å². The number of ether oxygens (including phenoxy) is 1. The van der Waals surface area contributed by atoms with Crippen molar-refractivity contribution < 1.29 is 9.53 Å². The number of carbonyl (C=O) groups excluding carboxylic acids is 1. The van der Waals surface area contributed by atoms with Gasteiger partial charge < -0.3 is 4.74 Å². The number of halogens is 1. The van der Waals surface area contributed by atoms with Crippen molar-refractivity contribution in [3.8, 4) is 5.75 Å². The summed E-state index contributed by atoms with van der Waals surface area (Å²) in [5.41, 5.74) is 1.20. The van der Waals surface area contributed by atoms with Crippen LogP contribution in [-0.4, -0.2) is 12.9 Å². The summed E-state index contributed by atoms with van der Waals surface area (Å²) < 4.78 is 5.04. The Morgan fingerprint density at radius 3 is 2.35 bits per heavy atom. The van der Waals surface area contributed by atoms with Crippen LogP contribution >= 0.6 is 11.6 Å². The third kappa shape index (κ3) is 2.48. The molecule has 0 fully saturated rings. The van der Waals surface area contributed by atoms with E-state index in [1.165, 1.54) is 0 Å². The van der Waals surface area contributed by atoms with E-state index in [9.17, 15) is 4.79 Å². The van der Waals surface area contributed by atoms with Crippen LogP contribution in [0.25, 0.3) is 0 Å². The molecule has 17 heavy (non-hydrogen) atoms. The van der Waals surface area contributed by atoms with Gasteiger partial charge in [0.25, 0.3) is 0 Å². The van der Waals surface area contributed by atoms with Crippen molar-refractivity contribution in [2.75, 3.05) is 7.11 Å². The van der Waals surface area contributed by atoms with Gasteiger partial charge in [-0.1, -0.05) is 41.9 Å². The molecule has 0 aliphatic carbocycles. The second kappa shape index (κ2) is 5.02. The lowest BCUT2D eigenvalue weighted by Gasteiger charge is -2.05. The Hall–Kier alpha value is -1.80. The van der Waals surface area contributed by atoms with E-state index < -0.39 is 0 Å². The van der Waals surface area contributed by atoms with Crippen LogP contribution in [-0.2, 0) is 0 Å². The normalized spacial score (nSPS) is 10.0. The van der Waals surface area contributed by atoms with Crippen molar-refractivity contribution in [2.45, 2.75) is 0 Å². The first-order chi connectivity index (χ1) is 8.22. The number of benzene rings is 2. The van der Waals surface area contributed by atoms with Gasteiger partial charge in [-0.05, 0) is 18.2 Å². The van der Waals surface area contributed by atoms with Crippen LogP contribution in [0, 0.1) is 0 Å². The van der Waals surface area contributed by atoms with Gasteiger partial charge in [0, 0.05) is 11.1 Å². The van der Waals surface area contributed by atoms with E-state index in [0.29, 0.717) is 21.9 Å². The van der Waals surface area contributed by atoms with Crippen molar-refractivity contribution in [1.82, 2.24) is 0 Å². The van der Waals surface area contributed by atoms with Crippen LogP contribution in [0.3, 0.4) is 0 Å². The molecule has 86 valence electrons. The Morgan fingerprint density at radius 2 is 1.76 bits per heavy atom. The number of carbonyl (C=O) groups is 1. The lowest BCUT2D eigenvalue weighted by atomic mass is 10.0. The molecule has 0 aliphatic rings. The Kier molecular flexibility index (Phi) is 3.45. The Bertz CT molecular complexity index is 535. The summed E-state index contributed by atoms with van der Waals surface area (Å²) in [6.45, 7) is 0. The number of ketones is 1. The first-order valence-electron chi connectivity index (χ1n) is 5.15. The predicted molar refractivity (Wildman–Crippen MR) is 67.9 cm³/mol. The van der Waals surface area contributed by atoms with Crippen LogP contribution in [0.1, 0.15) is 15.9 Å². The molecule has 0 amide bonds. The first kappa shape index (κ1) is 11.7. The minimum absolute atomic E-state index is 0.0462. The lowest BCUT2D eigenvalue weighted by Crippen LogP contribution is -2.01. The topological polar surface area (TPSA) is 26.3 Å². The van der Waals surface area contributed by atoms with Crippen LogP contribution in [0.5, 0.6) is 5.75 Å². The van der Waals surface area contributed by atoms with E-state index in [0.717, 1.165) is 0 Å². The number of rotatable bonds is 3. The summed E-state index contributed by atoms with van der Waals surface area (Å²) in [6.07, 6.45) is 0. The molecule has 2 aromatic rings. The largest absolute Gasteiger partial charge is 0.495 e. The lowest BCUT2D eigenvalue weighted by molar-refractivity contribution is 0.103. The maximum atomic E-state index is 12.1. The van der Waals surface area contributed by atoms with Gasteiger partial charge in [-0.2, -0.15) is 0 Å². The van der Waals surface area contributed by atoms with E-state index >= 15 is 0 Å². The average molecular weight is 247 g/mol. The fraction of sp³-hybridized carbons (Fsp3) is 0.0714. The zero-order chi connectivity index (χ0) is 12.3. The quantitative estimate of drug-likeness (QED) is 0.774. The molecule has 0 aliphatic heterocycles. The highest BCUT2D eigenvalue weighted by atomic mass is 35.5. The van der Waals surface area contributed by atoms with Gasteiger partial charge in [-0.3, -0.25) is 4.79 Å². The highest BCUT2D eigenvalue weighted by Gasteiger charge is 2.10. The van der Waals surface area contributed by atoms with E-state index in [1.807, 2.05) is 18.2 Å². The van der Waals surface area contributed by atoms with Crippen molar-refractivity contribution in [1.29, 1.82) is 0 Å². The Labute approximate surface area is 105 Å². The molecule has 3 heteroatoms. The molecule has 0 N–H and O–H groups in total. The molecule has 0 aromatic heterocycles. The molecule has 0 saturated carbocycles. The zero-order valence-electron chi connectivity index (χ0n) is 9.31. The third-order valence-corrected chi connectivity index (χ3v) is 2.75. The number of hydrogen-bond donors (Lipinski definition) is 0. The molecule has 0 saturated heterocycles. The van der Waals surface area contributed by atoms with Gasteiger partial charge in [0.15, 0.2) is 5.78 Å². The van der Waals surface area contributed by atoms with Crippen molar-refractivity contribution in [3.05, 3.63) is 64.7 Å². The molecule has 0 unspecified atom stereocenters. The minimum atomic E-state index is -0.0462. The monoisotopic (exact) mass is 246 g/mol. The first-order valence-corrected chi connectivity index (χ1v) is 5.53. The molecule has 0 bridgehead atoms. The van der Waals surface area contributed by atoms with Crippen LogP contribution in [0.4, 0.5) is 0 Å². The third-order valence-electron chi connectivity index (χ3n) is 2.45. The smallest absolute Gasteiger partial charge is 0.193 e. The van der Waals surface area contributed by atoms with Gasteiger partial charge in [0.05, 0.1) is 12.1 Å². The summed E-state index contributed by atoms with van der Waals surface area (Å²) in [6, 6.07) is 14.1. The molecule has 0 atom stereocenters. The zero-order valence-corrected chi connectivity index (χ0v) is 10.1. The Balaban J connectivity index is 2.35. The van der Waals surface area contributed by atoms with Crippen molar-refractivity contribution in [2.24, 2.45) is 0 Å². The van der Waals surface area contributed by atoms with Crippen molar-refractivity contribution >= 4 is 17.4 Å². The SMILES string of the molecule is COc1ccc(C(=O)c2ccccc2)cc1Cl. The van der Waals surface area contributed by atoms with Crippen LogP contribution in [0.15, 0.2) is 48.5 Å². The van der Waals surface area contributed by atoms with E-state index in [2.05, 4.69) is 0 Å². The Morgan fingerprint density at radius 1 is 1.06 bits per heavy atom. The second-order valence-corrected chi connectivity index (χ2v) is 3.95. The maximum Gasteiger partial charge on any atom is 0.193 e. The minimum Gasteiger partial charge on any atom is -0.495 e. The second-order valence-electron chi connectivity index (χ2n) is 3.54. The molecule has 2 rings (SSSR count). The van der Waals surface area contributed by atoms with E-state index in [4.69, 9.17) is 16.3 Å². The van der Waals surface area contributed by atoms with Gasteiger partial charge >= 0.3 is 0 Å². The standard InChI is InChI=1S/C14H11ClO2/c1-17-13-8-7-11(9-12(13)15)14(16)10-5-3-2-4-6-10/h2-9H,1H3. The average Bonchev–Trinajstić information content (AvgIpc) is 2.39. The number of hydrogen-bond acceptors (Lipinski definition) is 2. The summed E-state index contributed by atoms with van der Waals surface area (Å²) >= 11 is 5.98.